The molecule has 0 spiro atoms. The maximum atomic E-state index is 11.8. The lowest BCUT2D eigenvalue weighted by molar-refractivity contribution is 0.102. The number of phenolic OH excluding ortho intramolecular Hbond substituents is 1. The zero-order valence-corrected chi connectivity index (χ0v) is 10.3. The Morgan fingerprint density at radius 2 is 2.12 bits per heavy atom. The zero-order chi connectivity index (χ0) is 12.4. The van der Waals surface area contributed by atoms with Gasteiger partial charge in [0.1, 0.15) is 11.4 Å². The van der Waals surface area contributed by atoms with Gasteiger partial charge in [-0.15, -0.1) is 0 Å². The molecule has 0 unspecified atom stereocenters. The van der Waals surface area contributed by atoms with Gasteiger partial charge in [-0.05, 0) is 49.1 Å². The molecule has 0 saturated carbocycles. The Kier molecular flexibility index (Phi) is 3.10. The Balaban J connectivity index is 2.21. The van der Waals surface area contributed by atoms with Crippen LogP contribution in [-0.2, 0) is 0 Å². The van der Waals surface area contributed by atoms with Gasteiger partial charge in [-0.1, -0.05) is 6.07 Å². The summed E-state index contributed by atoms with van der Waals surface area (Å²) < 4.78 is 4.01. The molecule has 1 aromatic heterocycles. The van der Waals surface area contributed by atoms with Crippen LogP contribution in [0.4, 0.5) is 5.69 Å². The van der Waals surface area contributed by atoms with Crippen molar-refractivity contribution in [2.24, 2.45) is 0 Å². The van der Waals surface area contributed by atoms with Crippen molar-refractivity contribution in [3.8, 4) is 5.75 Å². The lowest BCUT2D eigenvalue weighted by Gasteiger charge is -2.06. The van der Waals surface area contributed by atoms with Gasteiger partial charge in [0.2, 0.25) is 0 Å². The van der Waals surface area contributed by atoms with Gasteiger partial charge >= 0.3 is 0 Å². The minimum Gasteiger partial charge on any atom is -0.506 e. The van der Waals surface area contributed by atoms with E-state index in [9.17, 15) is 9.90 Å². The van der Waals surface area contributed by atoms with Crippen LogP contribution >= 0.6 is 11.5 Å². The van der Waals surface area contributed by atoms with Crippen molar-refractivity contribution in [3.05, 3.63) is 40.4 Å². The third-order valence-electron chi connectivity index (χ3n) is 2.26. The number of amides is 1. The number of nitrogens with zero attached hydrogens (tertiary/aromatic N) is 1. The third kappa shape index (κ3) is 2.62. The second-order valence-electron chi connectivity index (χ2n) is 3.80. The number of nitrogens with one attached hydrogen (secondary N) is 1. The topological polar surface area (TPSA) is 62.2 Å². The van der Waals surface area contributed by atoms with E-state index in [0.717, 1.165) is 10.4 Å². The molecule has 88 valence electrons. The molecular weight excluding hydrogens is 236 g/mol. The Morgan fingerprint density at radius 1 is 1.35 bits per heavy atom. The fourth-order valence-corrected chi connectivity index (χ4v) is 1.95. The van der Waals surface area contributed by atoms with Crippen LogP contribution in [0.3, 0.4) is 0 Å². The van der Waals surface area contributed by atoms with E-state index < -0.39 is 0 Å². The number of aryl methyl sites for hydroxylation is 2. The molecule has 0 aliphatic carbocycles. The van der Waals surface area contributed by atoms with Crippen molar-refractivity contribution in [3.63, 3.8) is 0 Å². The van der Waals surface area contributed by atoms with E-state index >= 15 is 0 Å². The molecule has 0 aliphatic heterocycles. The summed E-state index contributed by atoms with van der Waals surface area (Å²) in [6, 6.07) is 6.76. The van der Waals surface area contributed by atoms with E-state index in [1.807, 2.05) is 13.8 Å². The highest BCUT2D eigenvalue weighted by Crippen LogP contribution is 2.24. The number of anilines is 1. The number of phenols is 1. The molecule has 17 heavy (non-hydrogen) atoms. The van der Waals surface area contributed by atoms with Crippen LogP contribution in [0, 0.1) is 13.8 Å². The molecule has 0 radical (unpaired) electrons. The van der Waals surface area contributed by atoms with Crippen LogP contribution < -0.4 is 5.32 Å². The summed E-state index contributed by atoms with van der Waals surface area (Å²) in [6.45, 7) is 3.78. The maximum absolute atomic E-state index is 11.8. The molecule has 5 heteroatoms. The minimum absolute atomic E-state index is 0.0518. The molecule has 2 aromatic rings. The second kappa shape index (κ2) is 4.55. The summed E-state index contributed by atoms with van der Waals surface area (Å²) in [5.41, 5.74) is 1.74. The first-order chi connectivity index (χ1) is 8.06. The molecule has 1 aromatic carbocycles. The van der Waals surface area contributed by atoms with E-state index in [-0.39, 0.29) is 11.7 Å². The number of carbonyl (C=O) groups is 1. The van der Waals surface area contributed by atoms with Crippen LogP contribution in [-0.4, -0.2) is 15.4 Å². The van der Waals surface area contributed by atoms with Gasteiger partial charge in [0.05, 0.1) is 5.69 Å². The van der Waals surface area contributed by atoms with Crippen LogP contribution in [0.5, 0.6) is 5.75 Å². The number of aromatic hydroxyl groups is 1. The lowest BCUT2D eigenvalue weighted by Crippen LogP contribution is -2.12. The van der Waals surface area contributed by atoms with Gasteiger partial charge < -0.3 is 10.4 Å². The summed E-state index contributed by atoms with van der Waals surface area (Å²) >= 11 is 1.28. The number of aromatic nitrogens is 1. The van der Waals surface area contributed by atoms with E-state index in [0.29, 0.717) is 11.4 Å². The normalized spacial score (nSPS) is 10.2. The summed E-state index contributed by atoms with van der Waals surface area (Å²) in [5.74, 6) is -0.258. The van der Waals surface area contributed by atoms with Crippen molar-refractivity contribution in [1.29, 1.82) is 0 Å². The van der Waals surface area contributed by atoms with Gasteiger partial charge in [-0.25, -0.2) is 0 Å². The van der Waals surface area contributed by atoms with Crippen LogP contribution in [0.15, 0.2) is 24.3 Å². The Morgan fingerprint density at radius 3 is 2.76 bits per heavy atom. The molecule has 1 heterocycles. The van der Waals surface area contributed by atoms with E-state index in [1.54, 1.807) is 24.3 Å². The number of benzene rings is 1. The number of hydrogen-bond donors (Lipinski definition) is 2. The van der Waals surface area contributed by atoms with Crippen molar-refractivity contribution < 1.29 is 9.90 Å². The summed E-state index contributed by atoms with van der Waals surface area (Å²) in [5, 5.41) is 12.2. The largest absolute Gasteiger partial charge is 0.506 e. The summed E-state index contributed by atoms with van der Waals surface area (Å²) in [4.78, 5) is 12.8. The lowest BCUT2D eigenvalue weighted by atomic mass is 10.2. The predicted molar refractivity (Wildman–Crippen MR) is 67.6 cm³/mol. The first kappa shape index (κ1) is 11.6. The highest BCUT2D eigenvalue weighted by Gasteiger charge is 2.11. The van der Waals surface area contributed by atoms with Gasteiger partial charge in [-0.3, -0.25) is 4.79 Å². The van der Waals surface area contributed by atoms with Gasteiger partial charge in [0, 0.05) is 4.88 Å². The summed E-state index contributed by atoms with van der Waals surface area (Å²) in [7, 11) is 0. The fourth-order valence-electron chi connectivity index (χ4n) is 1.41. The van der Waals surface area contributed by atoms with E-state index in [1.165, 1.54) is 11.5 Å². The van der Waals surface area contributed by atoms with Crippen LogP contribution in [0.25, 0.3) is 0 Å². The monoisotopic (exact) mass is 248 g/mol. The first-order valence-electron chi connectivity index (χ1n) is 5.10. The second-order valence-corrected chi connectivity index (χ2v) is 4.81. The SMILES string of the molecule is Cc1ccc(O)c(NC(=O)c2cc(C)sn2)c1. The molecule has 0 aliphatic rings. The minimum atomic E-state index is -0.310. The number of rotatable bonds is 2. The van der Waals surface area contributed by atoms with Gasteiger partial charge in [-0.2, -0.15) is 4.37 Å². The van der Waals surface area contributed by atoms with E-state index in [4.69, 9.17) is 0 Å². The smallest absolute Gasteiger partial charge is 0.275 e. The number of hydrogen-bond acceptors (Lipinski definition) is 4. The fraction of sp³-hybridized carbons (Fsp3) is 0.167. The van der Waals surface area contributed by atoms with Crippen molar-refractivity contribution in [2.75, 3.05) is 5.32 Å². The molecule has 0 saturated heterocycles. The van der Waals surface area contributed by atoms with E-state index in [2.05, 4.69) is 9.69 Å². The van der Waals surface area contributed by atoms with Crippen molar-refractivity contribution in [2.45, 2.75) is 13.8 Å². The highest BCUT2D eigenvalue weighted by molar-refractivity contribution is 7.05. The third-order valence-corrected chi connectivity index (χ3v) is 2.95. The van der Waals surface area contributed by atoms with Gasteiger partial charge in [0.15, 0.2) is 0 Å². The molecule has 1 amide bonds. The number of carbonyl (C=O) groups excluding carboxylic acids is 1. The maximum Gasteiger partial charge on any atom is 0.275 e. The molecule has 0 bridgehead atoms. The van der Waals surface area contributed by atoms with Crippen molar-refractivity contribution in [1.82, 2.24) is 4.37 Å². The summed E-state index contributed by atoms with van der Waals surface area (Å²) in [6.07, 6.45) is 0. The zero-order valence-electron chi connectivity index (χ0n) is 9.52. The van der Waals surface area contributed by atoms with Gasteiger partial charge in [0.25, 0.3) is 5.91 Å². The molecule has 0 fully saturated rings. The molecule has 2 rings (SSSR count). The molecule has 4 nitrogen and oxygen atoms in total. The van der Waals surface area contributed by atoms with Crippen LogP contribution in [0.2, 0.25) is 0 Å². The highest BCUT2D eigenvalue weighted by atomic mass is 32.1. The van der Waals surface area contributed by atoms with Crippen molar-refractivity contribution >= 4 is 23.1 Å². The molecule has 0 atom stereocenters. The Bertz CT molecular complexity index is 563. The average Bonchev–Trinajstić information content (AvgIpc) is 2.70. The van der Waals surface area contributed by atoms with Crippen LogP contribution in [0.1, 0.15) is 20.9 Å². The predicted octanol–water partition coefficient (Wildman–Crippen LogP) is 2.72. The molecule has 2 N–H and O–H groups in total. The standard InChI is InChI=1S/C12H12N2O2S/c1-7-3-4-11(15)9(5-7)13-12(16)10-6-8(2)17-14-10/h3-6,15H,1-2H3,(H,13,16). The average molecular weight is 248 g/mol. The first-order valence-corrected chi connectivity index (χ1v) is 5.88. The Hall–Kier alpha value is -1.88. The quantitative estimate of drug-likeness (QED) is 0.803. The Labute approximate surface area is 103 Å². The molecular formula is C12H12N2O2S.